The predicted molar refractivity (Wildman–Crippen MR) is 77.0 cm³/mol. The molecular weight excluding hydrogens is 327 g/mol. The van der Waals surface area contributed by atoms with Crippen molar-refractivity contribution in [3.8, 4) is 0 Å². The van der Waals surface area contributed by atoms with Crippen LogP contribution in [0.3, 0.4) is 0 Å². The van der Waals surface area contributed by atoms with Crippen molar-refractivity contribution in [1.82, 2.24) is 0 Å². The zero-order valence-electron chi connectivity index (χ0n) is 10.2. The molecule has 0 saturated carbocycles. The second-order valence-corrected chi connectivity index (χ2v) is 4.90. The number of carbonyl (C=O) groups is 2. The molecule has 2 amide bonds. The minimum absolute atomic E-state index is 0.118. The molecule has 2 aromatic rings. The maximum atomic E-state index is 13.7. The van der Waals surface area contributed by atoms with Crippen LogP contribution in [-0.2, 0) is 0 Å². The maximum absolute atomic E-state index is 13.7. The van der Waals surface area contributed by atoms with Crippen LogP contribution in [0.4, 0.5) is 10.1 Å². The number of anilines is 1. The molecule has 2 aromatic carbocycles. The quantitative estimate of drug-likeness (QED) is 0.904. The number of benzene rings is 2. The van der Waals surface area contributed by atoms with Gasteiger partial charge in [-0.05, 0) is 30.3 Å². The van der Waals surface area contributed by atoms with Crippen LogP contribution in [0.2, 0.25) is 0 Å². The summed E-state index contributed by atoms with van der Waals surface area (Å²) in [6, 6.07) is 10.4. The zero-order valence-corrected chi connectivity index (χ0v) is 11.8. The molecule has 0 unspecified atom stereocenters. The Kier molecular flexibility index (Phi) is 4.14. The van der Waals surface area contributed by atoms with Gasteiger partial charge in [-0.25, -0.2) is 4.39 Å². The molecule has 0 aliphatic heterocycles. The van der Waals surface area contributed by atoms with Gasteiger partial charge in [0.15, 0.2) is 0 Å². The third-order valence-corrected chi connectivity index (χ3v) is 3.11. The van der Waals surface area contributed by atoms with Gasteiger partial charge >= 0.3 is 0 Å². The van der Waals surface area contributed by atoms with E-state index in [1.54, 1.807) is 18.2 Å². The summed E-state index contributed by atoms with van der Waals surface area (Å²) in [7, 11) is 0. The molecule has 4 nitrogen and oxygen atoms in total. The Bertz CT molecular complexity index is 689. The second kappa shape index (κ2) is 5.83. The number of hydrogen-bond donors (Lipinski definition) is 2. The highest BCUT2D eigenvalue weighted by Gasteiger charge is 2.15. The van der Waals surface area contributed by atoms with Gasteiger partial charge in [0.05, 0.1) is 16.8 Å². The van der Waals surface area contributed by atoms with Gasteiger partial charge in [-0.3, -0.25) is 9.59 Å². The van der Waals surface area contributed by atoms with Gasteiger partial charge < -0.3 is 11.1 Å². The SMILES string of the molecule is NC(=O)c1ccccc1NC(=O)c1ccc(Br)cc1F. The van der Waals surface area contributed by atoms with Crippen molar-refractivity contribution >= 4 is 33.4 Å². The second-order valence-electron chi connectivity index (χ2n) is 3.99. The average Bonchev–Trinajstić information content (AvgIpc) is 2.38. The van der Waals surface area contributed by atoms with Crippen LogP contribution in [0, 0.1) is 5.82 Å². The minimum Gasteiger partial charge on any atom is -0.366 e. The van der Waals surface area contributed by atoms with Crippen LogP contribution in [0.25, 0.3) is 0 Å². The molecular formula is C14H10BrFN2O2. The maximum Gasteiger partial charge on any atom is 0.258 e. The summed E-state index contributed by atoms with van der Waals surface area (Å²) in [6.07, 6.45) is 0. The highest BCUT2D eigenvalue weighted by atomic mass is 79.9. The molecule has 102 valence electrons. The van der Waals surface area contributed by atoms with Crippen LogP contribution in [0.15, 0.2) is 46.9 Å². The lowest BCUT2D eigenvalue weighted by Gasteiger charge is -2.09. The molecule has 0 saturated heterocycles. The van der Waals surface area contributed by atoms with E-state index >= 15 is 0 Å². The first-order chi connectivity index (χ1) is 9.49. The van der Waals surface area contributed by atoms with E-state index in [1.807, 2.05) is 0 Å². The van der Waals surface area contributed by atoms with Gasteiger partial charge in [0.2, 0.25) is 0 Å². The Labute approximate surface area is 122 Å². The molecule has 3 N–H and O–H groups in total. The Balaban J connectivity index is 2.30. The first kappa shape index (κ1) is 14.2. The largest absolute Gasteiger partial charge is 0.366 e. The van der Waals surface area contributed by atoms with Gasteiger partial charge in [0.1, 0.15) is 5.82 Å². The van der Waals surface area contributed by atoms with E-state index in [9.17, 15) is 14.0 Å². The summed E-state index contributed by atoms with van der Waals surface area (Å²) in [5, 5.41) is 2.47. The van der Waals surface area contributed by atoms with E-state index in [0.717, 1.165) is 0 Å². The lowest BCUT2D eigenvalue weighted by molar-refractivity contribution is 0.100. The molecule has 0 spiro atoms. The highest BCUT2D eigenvalue weighted by Crippen LogP contribution is 2.19. The van der Waals surface area contributed by atoms with Crippen molar-refractivity contribution in [2.75, 3.05) is 5.32 Å². The predicted octanol–water partition coefficient (Wildman–Crippen LogP) is 2.94. The van der Waals surface area contributed by atoms with Gasteiger partial charge in [0.25, 0.3) is 11.8 Å². The van der Waals surface area contributed by atoms with Crippen LogP contribution in [-0.4, -0.2) is 11.8 Å². The third-order valence-electron chi connectivity index (χ3n) is 2.62. The Morgan fingerprint density at radius 2 is 1.80 bits per heavy atom. The fourth-order valence-corrected chi connectivity index (χ4v) is 2.00. The number of hydrogen-bond acceptors (Lipinski definition) is 2. The summed E-state index contributed by atoms with van der Waals surface area (Å²) in [6.45, 7) is 0. The lowest BCUT2D eigenvalue weighted by atomic mass is 10.1. The third kappa shape index (κ3) is 3.03. The molecule has 20 heavy (non-hydrogen) atoms. The molecule has 0 bridgehead atoms. The van der Waals surface area contributed by atoms with Crippen molar-refractivity contribution in [3.63, 3.8) is 0 Å². The number of nitrogens with two attached hydrogens (primary N) is 1. The average molecular weight is 337 g/mol. The Hall–Kier alpha value is -2.21. The van der Waals surface area contributed by atoms with Gasteiger partial charge in [-0.2, -0.15) is 0 Å². The van der Waals surface area contributed by atoms with Crippen molar-refractivity contribution in [2.24, 2.45) is 5.73 Å². The van der Waals surface area contributed by atoms with Crippen molar-refractivity contribution in [1.29, 1.82) is 0 Å². The first-order valence-corrected chi connectivity index (χ1v) is 6.43. The number of para-hydroxylation sites is 1. The normalized spacial score (nSPS) is 10.1. The number of carbonyl (C=O) groups excluding carboxylic acids is 2. The Morgan fingerprint density at radius 3 is 2.45 bits per heavy atom. The number of amides is 2. The summed E-state index contributed by atoms with van der Waals surface area (Å²) < 4.78 is 14.2. The number of primary amides is 1. The van der Waals surface area contributed by atoms with Crippen LogP contribution >= 0.6 is 15.9 Å². The highest BCUT2D eigenvalue weighted by molar-refractivity contribution is 9.10. The molecule has 0 radical (unpaired) electrons. The lowest BCUT2D eigenvalue weighted by Crippen LogP contribution is -2.19. The van der Waals surface area contributed by atoms with Crippen molar-refractivity contribution in [2.45, 2.75) is 0 Å². The molecule has 0 fully saturated rings. The summed E-state index contributed by atoms with van der Waals surface area (Å²) >= 11 is 3.11. The molecule has 0 atom stereocenters. The first-order valence-electron chi connectivity index (χ1n) is 5.64. The summed E-state index contributed by atoms with van der Waals surface area (Å²) in [5.74, 6) is -1.98. The van der Waals surface area contributed by atoms with Crippen LogP contribution in [0.5, 0.6) is 0 Å². The van der Waals surface area contributed by atoms with Crippen LogP contribution in [0.1, 0.15) is 20.7 Å². The number of rotatable bonds is 3. The topological polar surface area (TPSA) is 72.2 Å². The van der Waals surface area contributed by atoms with E-state index in [1.165, 1.54) is 24.3 Å². The summed E-state index contributed by atoms with van der Waals surface area (Å²) in [5.41, 5.74) is 5.50. The smallest absolute Gasteiger partial charge is 0.258 e. The zero-order chi connectivity index (χ0) is 14.7. The molecule has 0 heterocycles. The monoisotopic (exact) mass is 336 g/mol. The van der Waals surface area contributed by atoms with Crippen molar-refractivity contribution < 1.29 is 14.0 Å². The molecule has 0 aliphatic carbocycles. The van der Waals surface area contributed by atoms with Crippen molar-refractivity contribution in [3.05, 3.63) is 63.9 Å². The van der Waals surface area contributed by atoms with E-state index in [2.05, 4.69) is 21.2 Å². The molecule has 0 aliphatic rings. The van der Waals surface area contributed by atoms with Crippen LogP contribution < -0.4 is 11.1 Å². The summed E-state index contributed by atoms with van der Waals surface area (Å²) in [4.78, 5) is 23.2. The number of halogens is 2. The molecule has 0 aromatic heterocycles. The van der Waals surface area contributed by atoms with Gasteiger partial charge in [-0.1, -0.05) is 28.1 Å². The van der Waals surface area contributed by atoms with Gasteiger partial charge in [-0.15, -0.1) is 0 Å². The van der Waals surface area contributed by atoms with Gasteiger partial charge in [0, 0.05) is 4.47 Å². The molecule has 2 rings (SSSR count). The Morgan fingerprint density at radius 1 is 1.10 bits per heavy atom. The fourth-order valence-electron chi connectivity index (χ4n) is 1.67. The minimum atomic E-state index is -0.669. The van der Waals surface area contributed by atoms with E-state index in [0.29, 0.717) is 4.47 Å². The molecule has 6 heteroatoms. The van der Waals surface area contributed by atoms with E-state index < -0.39 is 17.6 Å². The number of nitrogens with one attached hydrogen (secondary N) is 1. The van der Waals surface area contributed by atoms with E-state index in [-0.39, 0.29) is 16.8 Å². The standard InChI is InChI=1S/C14H10BrFN2O2/c15-8-5-6-9(11(16)7-8)14(20)18-12-4-2-1-3-10(12)13(17)19/h1-7H,(H2,17,19)(H,18,20). The fraction of sp³-hybridized carbons (Fsp3) is 0. The van der Waals surface area contributed by atoms with E-state index in [4.69, 9.17) is 5.73 Å².